The molecule has 1 aliphatic heterocycles. The molecule has 2 aliphatic rings. The molecule has 0 aromatic heterocycles. The lowest BCUT2D eigenvalue weighted by Gasteiger charge is -2.32. The molecule has 2 fully saturated rings. The van der Waals surface area contributed by atoms with E-state index in [9.17, 15) is 14.4 Å². The number of amides is 1. The van der Waals surface area contributed by atoms with E-state index < -0.39 is 18.1 Å². The fourth-order valence-electron chi connectivity index (χ4n) is 5.71. The first kappa shape index (κ1) is 26.9. The highest BCUT2D eigenvalue weighted by atomic mass is 16.5. The van der Waals surface area contributed by atoms with Crippen molar-refractivity contribution in [1.82, 2.24) is 10.2 Å². The molecule has 2 aromatic rings. The second-order valence-electron chi connectivity index (χ2n) is 10.1. The Balaban J connectivity index is 1.43. The predicted octanol–water partition coefficient (Wildman–Crippen LogP) is 4.04. The third-order valence-corrected chi connectivity index (χ3v) is 7.55. The van der Waals surface area contributed by atoms with Gasteiger partial charge >= 0.3 is 11.9 Å². The normalized spacial score (nSPS) is 22.2. The third-order valence-electron chi connectivity index (χ3n) is 7.55. The first-order chi connectivity index (χ1) is 18.0. The zero-order valence-electron chi connectivity index (χ0n) is 21.8. The van der Waals surface area contributed by atoms with Gasteiger partial charge in [0.25, 0.3) is 0 Å². The number of hydrogen-bond acceptors (Lipinski definition) is 6. The van der Waals surface area contributed by atoms with Crippen LogP contribution in [0.25, 0.3) is 0 Å². The summed E-state index contributed by atoms with van der Waals surface area (Å²) in [7, 11) is 0. The van der Waals surface area contributed by atoms with Crippen LogP contribution in [0, 0.1) is 5.92 Å². The van der Waals surface area contributed by atoms with Gasteiger partial charge in [-0.2, -0.15) is 0 Å². The molecule has 0 unspecified atom stereocenters. The first-order valence-electron chi connectivity index (χ1n) is 13.5. The molecule has 0 spiro atoms. The van der Waals surface area contributed by atoms with E-state index in [4.69, 9.17) is 9.47 Å². The van der Waals surface area contributed by atoms with Crippen LogP contribution in [0.15, 0.2) is 60.7 Å². The fourth-order valence-corrected chi connectivity index (χ4v) is 5.71. The molecule has 198 valence electrons. The Labute approximate surface area is 219 Å². The van der Waals surface area contributed by atoms with Crippen LogP contribution >= 0.6 is 0 Å². The fraction of sp³-hybridized carbons (Fsp3) is 0.500. The van der Waals surface area contributed by atoms with Gasteiger partial charge in [0.05, 0.1) is 12.6 Å². The van der Waals surface area contributed by atoms with Crippen LogP contribution in [0.5, 0.6) is 0 Å². The number of esters is 2. The summed E-state index contributed by atoms with van der Waals surface area (Å²) in [4.78, 5) is 41.4. The van der Waals surface area contributed by atoms with E-state index >= 15 is 0 Å². The number of nitrogens with one attached hydrogen (secondary N) is 1. The molecule has 0 bridgehead atoms. The van der Waals surface area contributed by atoms with E-state index in [1.54, 1.807) is 18.7 Å². The van der Waals surface area contributed by atoms with Crippen LogP contribution in [-0.2, 0) is 36.9 Å². The molecule has 0 radical (unpaired) electrons. The number of rotatable bonds is 11. The largest absolute Gasteiger partial charge is 0.465 e. The van der Waals surface area contributed by atoms with E-state index in [0.717, 1.165) is 30.4 Å². The highest BCUT2D eigenvalue weighted by Gasteiger charge is 2.50. The maximum atomic E-state index is 13.8. The number of benzene rings is 2. The van der Waals surface area contributed by atoms with Gasteiger partial charge in [-0.15, -0.1) is 0 Å². The van der Waals surface area contributed by atoms with E-state index in [2.05, 4.69) is 5.32 Å². The Hall–Kier alpha value is -3.19. The number of likely N-dealkylation sites (tertiary alicyclic amines) is 1. The van der Waals surface area contributed by atoms with Crippen LogP contribution < -0.4 is 5.32 Å². The van der Waals surface area contributed by atoms with Crippen molar-refractivity contribution in [3.63, 3.8) is 0 Å². The van der Waals surface area contributed by atoms with Gasteiger partial charge in [-0.1, -0.05) is 67.1 Å². The van der Waals surface area contributed by atoms with Crippen molar-refractivity contribution in [2.45, 2.75) is 83.1 Å². The van der Waals surface area contributed by atoms with Crippen molar-refractivity contribution in [3.8, 4) is 0 Å². The summed E-state index contributed by atoms with van der Waals surface area (Å²) in [5.74, 6) is -0.573. The van der Waals surface area contributed by atoms with Crippen molar-refractivity contribution in [2.75, 3.05) is 6.61 Å². The zero-order chi connectivity index (χ0) is 26.2. The number of aryl methyl sites for hydroxylation is 1. The Bertz CT molecular complexity index is 1040. The quantitative estimate of drug-likeness (QED) is 0.463. The van der Waals surface area contributed by atoms with Gasteiger partial charge in [0.15, 0.2) is 0 Å². The minimum absolute atomic E-state index is 0.0383. The van der Waals surface area contributed by atoms with Crippen LogP contribution in [0.4, 0.5) is 0 Å². The molecule has 1 amide bonds. The smallest absolute Gasteiger partial charge is 0.329 e. The highest BCUT2D eigenvalue weighted by molar-refractivity contribution is 5.89. The number of carbonyl (C=O) groups excluding carboxylic acids is 3. The number of ether oxygens (including phenoxy) is 2. The van der Waals surface area contributed by atoms with Crippen molar-refractivity contribution < 1.29 is 23.9 Å². The van der Waals surface area contributed by atoms with Crippen LogP contribution in [0.1, 0.15) is 57.1 Å². The molecule has 1 aliphatic carbocycles. The molecule has 1 N–H and O–H groups in total. The molecule has 37 heavy (non-hydrogen) atoms. The van der Waals surface area contributed by atoms with E-state index in [-0.39, 0.29) is 37.1 Å². The zero-order valence-corrected chi connectivity index (χ0v) is 21.8. The Kier molecular flexibility index (Phi) is 9.34. The topological polar surface area (TPSA) is 84.9 Å². The molecule has 7 heteroatoms. The summed E-state index contributed by atoms with van der Waals surface area (Å²) in [6, 6.07) is 17.7. The van der Waals surface area contributed by atoms with Crippen molar-refractivity contribution in [3.05, 3.63) is 71.8 Å². The molecule has 1 heterocycles. The standard InChI is InChI=1S/C30H38N2O5/c1-3-36-29(34)25(18-17-22-11-6-4-7-12-22)31-21(2)28(33)32-26-16-10-15-24(26)19-27(32)30(35)37-20-23-13-8-5-9-14-23/h4-9,11-14,21,24-27,31H,3,10,15-20H2,1-2H3/t21-,24+,25+,26+,27-/m1/s1. The maximum absolute atomic E-state index is 13.8. The van der Waals surface area contributed by atoms with Crippen molar-refractivity contribution >= 4 is 17.8 Å². The average Bonchev–Trinajstić information content (AvgIpc) is 3.52. The van der Waals surface area contributed by atoms with Crippen LogP contribution in [0.2, 0.25) is 0 Å². The Morgan fingerprint density at radius 3 is 2.32 bits per heavy atom. The van der Waals surface area contributed by atoms with E-state index in [1.807, 2.05) is 60.7 Å². The van der Waals surface area contributed by atoms with Gasteiger partial charge in [-0.05, 0) is 63.0 Å². The van der Waals surface area contributed by atoms with Gasteiger partial charge in [-0.25, -0.2) is 4.79 Å². The molecule has 5 atom stereocenters. The monoisotopic (exact) mass is 506 g/mol. The SMILES string of the molecule is CCOC(=O)[C@H](CCc1ccccc1)N[C@H](C)C(=O)N1[C@@H](C(=O)OCc2ccccc2)C[C@@H]2CCC[C@@H]21. The van der Waals surface area contributed by atoms with Crippen LogP contribution in [-0.4, -0.2) is 53.5 Å². The minimum Gasteiger partial charge on any atom is -0.465 e. The molecule has 7 nitrogen and oxygen atoms in total. The molecule has 2 aromatic carbocycles. The summed E-state index contributed by atoms with van der Waals surface area (Å²) >= 11 is 0. The Morgan fingerprint density at radius 2 is 1.65 bits per heavy atom. The van der Waals surface area contributed by atoms with Gasteiger partial charge in [0.2, 0.25) is 5.91 Å². The molecule has 1 saturated carbocycles. The van der Waals surface area contributed by atoms with Crippen molar-refractivity contribution in [1.29, 1.82) is 0 Å². The van der Waals surface area contributed by atoms with Gasteiger partial charge in [0.1, 0.15) is 18.7 Å². The third kappa shape index (κ3) is 6.77. The lowest BCUT2D eigenvalue weighted by atomic mass is 10.0. The lowest BCUT2D eigenvalue weighted by molar-refractivity contribution is -0.156. The number of fused-ring (bicyclic) bond motifs is 1. The van der Waals surface area contributed by atoms with Crippen LogP contribution in [0.3, 0.4) is 0 Å². The summed E-state index contributed by atoms with van der Waals surface area (Å²) in [6.07, 6.45) is 4.78. The maximum Gasteiger partial charge on any atom is 0.329 e. The van der Waals surface area contributed by atoms with Gasteiger partial charge in [-0.3, -0.25) is 14.9 Å². The predicted molar refractivity (Wildman–Crippen MR) is 140 cm³/mol. The van der Waals surface area contributed by atoms with E-state index in [0.29, 0.717) is 25.2 Å². The average molecular weight is 507 g/mol. The second kappa shape index (κ2) is 12.9. The second-order valence-corrected chi connectivity index (χ2v) is 10.1. The highest BCUT2D eigenvalue weighted by Crippen LogP contribution is 2.42. The number of hydrogen-bond donors (Lipinski definition) is 1. The van der Waals surface area contributed by atoms with Crippen molar-refractivity contribution in [2.24, 2.45) is 5.92 Å². The summed E-state index contributed by atoms with van der Waals surface area (Å²) in [5.41, 5.74) is 2.03. The lowest BCUT2D eigenvalue weighted by Crippen LogP contribution is -2.55. The molecule has 4 rings (SSSR count). The first-order valence-corrected chi connectivity index (χ1v) is 13.5. The Morgan fingerprint density at radius 1 is 0.973 bits per heavy atom. The number of nitrogens with zero attached hydrogens (tertiary/aromatic N) is 1. The summed E-state index contributed by atoms with van der Waals surface area (Å²) in [5, 5.41) is 3.23. The summed E-state index contributed by atoms with van der Waals surface area (Å²) < 4.78 is 10.9. The molecular formula is C30H38N2O5. The van der Waals surface area contributed by atoms with Gasteiger partial charge < -0.3 is 14.4 Å². The molecular weight excluding hydrogens is 468 g/mol. The molecule has 1 saturated heterocycles. The van der Waals surface area contributed by atoms with Gasteiger partial charge in [0, 0.05) is 6.04 Å². The summed E-state index contributed by atoms with van der Waals surface area (Å²) in [6.45, 7) is 4.00. The number of carbonyl (C=O) groups is 3. The minimum atomic E-state index is -0.644. The van der Waals surface area contributed by atoms with E-state index in [1.165, 1.54) is 0 Å².